The zero-order chi connectivity index (χ0) is 35.9. The molecule has 0 aromatic heterocycles. The number of rotatable bonds is 9. The van der Waals surface area contributed by atoms with Crippen molar-refractivity contribution in [1.82, 2.24) is 0 Å². The van der Waals surface area contributed by atoms with Gasteiger partial charge in [-0.3, -0.25) is 0 Å². The van der Waals surface area contributed by atoms with Crippen LogP contribution in [0.3, 0.4) is 0 Å². The topological polar surface area (TPSA) is 18.7 Å². The fourth-order valence-corrected chi connectivity index (χ4v) is 8.50. The van der Waals surface area contributed by atoms with Gasteiger partial charge in [0.15, 0.2) is 5.71 Å². The summed E-state index contributed by atoms with van der Waals surface area (Å²) in [6.07, 6.45) is 11.6. The molecule has 0 atom stereocenters. The molecule has 0 saturated heterocycles. The summed E-state index contributed by atoms with van der Waals surface area (Å²) in [4.78, 5) is 4.93. The van der Waals surface area contributed by atoms with Crippen molar-refractivity contribution in [2.45, 2.75) is 72.1 Å². The number of allylic oxidation sites excluding steroid dienone is 7. The zero-order valence-electron chi connectivity index (χ0n) is 31.6. The lowest BCUT2D eigenvalue weighted by molar-refractivity contribution is -0.433. The van der Waals surface area contributed by atoms with Crippen molar-refractivity contribution in [2.24, 2.45) is 0 Å². The van der Waals surface area contributed by atoms with E-state index in [2.05, 4.69) is 184 Å². The molecule has 2 aliphatic heterocycles. The Morgan fingerprint density at radius 1 is 0.765 bits per heavy atom. The van der Waals surface area contributed by atoms with E-state index in [-0.39, 0.29) is 10.8 Å². The molecule has 0 amide bonds. The van der Waals surface area contributed by atoms with E-state index in [1.165, 1.54) is 56.3 Å². The van der Waals surface area contributed by atoms with Crippen LogP contribution >= 0.6 is 0 Å². The van der Waals surface area contributed by atoms with Crippen molar-refractivity contribution in [2.75, 3.05) is 30.0 Å². The van der Waals surface area contributed by atoms with Gasteiger partial charge in [0.1, 0.15) is 12.3 Å². The molecular formula is C47H52N3O+. The molecule has 4 aromatic rings. The van der Waals surface area contributed by atoms with E-state index in [9.17, 15) is 0 Å². The second kappa shape index (κ2) is 13.6. The van der Waals surface area contributed by atoms with Gasteiger partial charge in [-0.25, -0.2) is 0 Å². The molecule has 7 rings (SSSR count). The first-order chi connectivity index (χ1) is 24.6. The molecule has 0 saturated carbocycles. The Labute approximate surface area is 305 Å². The fourth-order valence-electron chi connectivity index (χ4n) is 8.50. The number of ether oxygens (including phenoxy) is 1. The summed E-state index contributed by atoms with van der Waals surface area (Å²) in [5.41, 5.74) is 15.3. The Kier molecular flexibility index (Phi) is 9.14. The highest BCUT2D eigenvalue weighted by molar-refractivity contribution is 6.03. The predicted molar refractivity (Wildman–Crippen MR) is 215 cm³/mol. The first-order valence-electron chi connectivity index (χ1n) is 18.6. The number of hydrogen-bond donors (Lipinski definition) is 0. The Hall–Kier alpha value is -5.09. The molecule has 3 aliphatic rings. The van der Waals surface area contributed by atoms with Gasteiger partial charge in [-0.05, 0) is 119 Å². The van der Waals surface area contributed by atoms with E-state index < -0.39 is 0 Å². The van der Waals surface area contributed by atoms with E-state index >= 15 is 0 Å². The number of aryl methyl sites for hydroxylation is 1. The maximum absolute atomic E-state index is 5.65. The molecule has 0 radical (unpaired) electrons. The minimum atomic E-state index is -0.164. The first-order valence-corrected chi connectivity index (χ1v) is 18.6. The largest absolute Gasteiger partial charge is 0.497 e. The normalized spacial score (nSPS) is 19.1. The summed E-state index contributed by atoms with van der Waals surface area (Å²) in [5, 5.41) is 0. The van der Waals surface area contributed by atoms with Crippen LogP contribution in [0.5, 0.6) is 5.75 Å². The van der Waals surface area contributed by atoms with Gasteiger partial charge in [-0.2, -0.15) is 4.58 Å². The highest BCUT2D eigenvalue weighted by Gasteiger charge is 2.44. The van der Waals surface area contributed by atoms with Crippen LogP contribution in [0.4, 0.5) is 22.7 Å². The van der Waals surface area contributed by atoms with Crippen molar-refractivity contribution >= 4 is 28.5 Å². The molecule has 51 heavy (non-hydrogen) atoms. The monoisotopic (exact) mass is 674 g/mol. The van der Waals surface area contributed by atoms with Crippen LogP contribution in [0, 0.1) is 6.92 Å². The summed E-state index contributed by atoms with van der Waals surface area (Å²) in [6.45, 7) is 18.0. The second-order valence-electron chi connectivity index (χ2n) is 15.0. The average Bonchev–Trinajstić information content (AvgIpc) is 3.71. The lowest BCUT2D eigenvalue weighted by Gasteiger charge is -2.29. The molecule has 4 nitrogen and oxygen atoms in total. The number of nitrogens with zero attached hydrogens (tertiary/aromatic N) is 3. The molecule has 4 aromatic carbocycles. The lowest BCUT2D eigenvalue weighted by atomic mass is 9.80. The van der Waals surface area contributed by atoms with E-state index in [0.29, 0.717) is 0 Å². The number of para-hydroxylation sites is 2. The molecule has 0 spiro atoms. The summed E-state index contributed by atoms with van der Waals surface area (Å²) in [7, 11) is 1.75. The van der Waals surface area contributed by atoms with E-state index in [4.69, 9.17) is 4.74 Å². The van der Waals surface area contributed by atoms with Gasteiger partial charge in [-0.15, -0.1) is 0 Å². The van der Waals surface area contributed by atoms with Crippen molar-refractivity contribution in [3.05, 3.63) is 161 Å². The zero-order valence-corrected chi connectivity index (χ0v) is 31.6. The molecule has 0 bridgehead atoms. The maximum atomic E-state index is 5.65. The summed E-state index contributed by atoms with van der Waals surface area (Å²) < 4.78 is 8.15. The number of anilines is 3. The summed E-state index contributed by atoms with van der Waals surface area (Å²) >= 11 is 0. The Morgan fingerprint density at radius 3 is 2.08 bits per heavy atom. The number of methoxy groups -OCH3 is 1. The third kappa shape index (κ3) is 5.95. The van der Waals surface area contributed by atoms with Gasteiger partial charge in [0.25, 0.3) is 0 Å². The van der Waals surface area contributed by atoms with Crippen LogP contribution in [0.15, 0.2) is 144 Å². The van der Waals surface area contributed by atoms with Crippen LogP contribution in [0.2, 0.25) is 0 Å². The number of fused-ring (bicyclic) bond motifs is 2. The van der Waals surface area contributed by atoms with Crippen LogP contribution < -0.4 is 14.5 Å². The number of benzene rings is 4. The molecule has 260 valence electrons. The minimum absolute atomic E-state index is 0.0931. The van der Waals surface area contributed by atoms with Crippen molar-refractivity contribution < 1.29 is 9.31 Å². The van der Waals surface area contributed by atoms with Crippen LogP contribution in [0.1, 0.15) is 71.1 Å². The Balaban J connectivity index is 1.39. The SMILES string of the molecule is CCN1/C(=C/C=C2\CCC(/C=C/C3=[N+](CC)c4ccc(C)cc4C3(C)C)=C2N(c2ccccc2)c2ccccc2)C(C)(C)c2cc(OC)ccc21. The van der Waals surface area contributed by atoms with Crippen molar-refractivity contribution in [3.8, 4) is 5.75 Å². The summed E-state index contributed by atoms with van der Waals surface area (Å²) in [5.74, 6) is 0.902. The smallest absolute Gasteiger partial charge is 0.209 e. The lowest BCUT2D eigenvalue weighted by Crippen LogP contribution is -2.27. The van der Waals surface area contributed by atoms with Gasteiger partial charge in [0.05, 0.1) is 18.2 Å². The number of hydrogen-bond acceptors (Lipinski definition) is 3. The van der Waals surface area contributed by atoms with Gasteiger partial charge >= 0.3 is 0 Å². The standard InChI is InChI=1S/C47H52N3O/c1-9-48-41-27-21-33(3)31-39(41)46(4,5)43(48)29-24-34-22-23-35(45(34)50(36-17-13-11-14-18-36)37-19-15-12-16-20-37)25-30-44-47(6,7)40-32-38(51-8)26-28-42(40)49(44)10-2/h11-21,24-32H,9-10,22-23H2,1-8H3/q+1. The summed E-state index contributed by atoms with van der Waals surface area (Å²) in [6, 6.07) is 35.1. The molecule has 2 heterocycles. The molecule has 1 aliphatic carbocycles. The maximum Gasteiger partial charge on any atom is 0.209 e. The molecular weight excluding hydrogens is 623 g/mol. The fraction of sp³-hybridized carbons (Fsp3) is 0.298. The molecule has 0 unspecified atom stereocenters. The molecule has 0 fully saturated rings. The quantitative estimate of drug-likeness (QED) is 0.165. The second-order valence-corrected chi connectivity index (χ2v) is 15.0. The predicted octanol–water partition coefficient (Wildman–Crippen LogP) is 11.5. The van der Waals surface area contributed by atoms with Crippen molar-refractivity contribution in [1.29, 1.82) is 0 Å². The highest BCUT2D eigenvalue weighted by atomic mass is 16.5. The van der Waals surface area contributed by atoms with E-state index in [0.717, 1.165) is 43.1 Å². The highest BCUT2D eigenvalue weighted by Crippen LogP contribution is 2.49. The number of likely N-dealkylation sites (N-methyl/N-ethyl adjacent to an activating group) is 1. The van der Waals surface area contributed by atoms with Gasteiger partial charge in [-0.1, -0.05) is 74.0 Å². The first kappa shape index (κ1) is 34.4. The average molecular weight is 675 g/mol. The van der Waals surface area contributed by atoms with Gasteiger partial charge in [0.2, 0.25) is 5.69 Å². The van der Waals surface area contributed by atoms with E-state index in [1.807, 2.05) is 0 Å². The van der Waals surface area contributed by atoms with E-state index in [1.54, 1.807) is 7.11 Å². The minimum Gasteiger partial charge on any atom is -0.497 e. The van der Waals surface area contributed by atoms with Gasteiger partial charge in [0, 0.05) is 52.4 Å². The van der Waals surface area contributed by atoms with Crippen LogP contribution in [-0.4, -0.2) is 30.5 Å². The van der Waals surface area contributed by atoms with Crippen LogP contribution in [0.25, 0.3) is 0 Å². The Morgan fingerprint density at radius 2 is 1.45 bits per heavy atom. The third-order valence-electron chi connectivity index (χ3n) is 11.2. The third-order valence-corrected chi connectivity index (χ3v) is 11.2. The Bertz CT molecular complexity index is 2070. The molecule has 0 N–H and O–H groups in total. The van der Waals surface area contributed by atoms with Crippen LogP contribution in [-0.2, 0) is 10.8 Å². The molecule has 4 heteroatoms. The van der Waals surface area contributed by atoms with Crippen molar-refractivity contribution in [3.63, 3.8) is 0 Å². The van der Waals surface area contributed by atoms with Gasteiger partial charge < -0.3 is 14.5 Å².